The van der Waals surface area contributed by atoms with Gasteiger partial charge in [0.05, 0.1) is 18.9 Å². The Morgan fingerprint density at radius 1 is 1.25 bits per heavy atom. The highest BCUT2D eigenvalue weighted by Gasteiger charge is 2.35. The van der Waals surface area contributed by atoms with Gasteiger partial charge in [0, 0.05) is 11.8 Å². The summed E-state index contributed by atoms with van der Waals surface area (Å²) in [5.41, 5.74) is 0.629. The van der Waals surface area contributed by atoms with Crippen molar-refractivity contribution in [3.05, 3.63) is 24.3 Å². The smallest absolute Gasteiger partial charge is 0.307 e. The van der Waals surface area contributed by atoms with Crippen LogP contribution in [0, 0.1) is 11.8 Å². The van der Waals surface area contributed by atoms with Crippen LogP contribution in [0.2, 0.25) is 0 Å². The Hall–Kier alpha value is -2.04. The molecule has 1 aromatic carbocycles. The fourth-order valence-corrected chi connectivity index (χ4v) is 2.68. The van der Waals surface area contributed by atoms with Crippen LogP contribution in [0.5, 0.6) is 5.75 Å². The van der Waals surface area contributed by atoms with Crippen LogP contribution in [0.15, 0.2) is 24.3 Å². The number of ether oxygens (including phenoxy) is 1. The number of benzene rings is 1. The zero-order valence-corrected chi connectivity index (χ0v) is 11.5. The summed E-state index contributed by atoms with van der Waals surface area (Å²) in [4.78, 5) is 23.5. The predicted molar refractivity (Wildman–Crippen MR) is 74.7 cm³/mol. The lowest BCUT2D eigenvalue weighted by atomic mass is 9.78. The van der Waals surface area contributed by atoms with Crippen molar-refractivity contribution in [2.45, 2.75) is 25.7 Å². The van der Waals surface area contributed by atoms with Crippen molar-refractivity contribution >= 4 is 17.6 Å². The summed E-state index contributed by atoms with van der Waals surface area (Å²) in [5.74, 6) is -1.47. The molecule has 1 amide bonds. The minimum atomic E-state index is -0.879. The number of nitrogens with one attached hydrogen (secondary N) is 1. The first-order chi connectivity index (χ1) is 9.61. The Balaban J connectivity index is 2.07. The van der Waals surface area contributed by atoms with Crippen LogP contribution in [-0.2, 0) is 9.59 Å². The number of carboxylic acids is 1. The van der Waals surface area contributed by atoms with E-state index in [-0.39, 0.29) is 5.91 Å². The first-order valence-corrected chi connectivity index (χ1v) is 6.79. The molecule has 0 radical (unpaired) electrons. The van der Waals surface area contributed by atoms with Gasteiger partial charge in [0.1, 0.15) is 5.75 Å². The Morgan fingerprint density at radius 2 is 1.95 bits per heavy atom. The van der Waals surface area contributed by atoms with Crippen LogP contribution in [0.4, 0.5) is 5.69 Å². The molecule has 0 unspecified atom stereocenters. The second kappa shape index (κ2) is 6.41. The number of amides is 1. The van der Waals surface area contributed by atoms with Gasteiger partial charge in [0.25, 0.3) is 0 Å². The van der Waals surface area contributed by atoms with E-state index in [0.29, 0.717) is 24.3 Å². The molecule has 1 aliphatic rings. The van der Waals surface area contributed by atoms with Crippen LogP contribution in [0.25, 0.3) is 0 Å². The van der Waals surface area contributed by atoms with Crippen molar-refractivity contribution in [1.29, 1.82) is 0 Å². The molecule has 0 aliphatic heterocycles. The molecule has 0 bridgehead atoms. The van der Waals surface area contributed by atoms with Crippen molar-refractivity contribution in [3.63, 3.8) is 0 Å². The molecule has 108 valence electrons. The zero-order valence-electron chi connectivity index (χ0n) is 11.5. The number of methoxy groups -OCH3 is 1. The van der Waals surface area contributed by atoms with E-state index < -0.39 is 17.8 Å². The van der Waals surface area contributed by atoms with Crippen molar-refractivity contribution in [1.82, 2.24) is 0 Å². The van der Waals surface area contributed by atoms with Gasteiger partial charge in [-0.3, -0.25) is 9.59 Å². The molecule has 1 fully saturated rings. The molecule has 0 saturated heterocycles. The fourth-order valence-electron chi connectivity index (χ4n) is 2.68. The third-order valence-electron chi connectivity index (χ3n) is 3.76. The summed E-state index contributed by atoms with van der Waals surface area (Å²) in [6, 6.07) is 7.05. The van der Waals surface area contributed by atoms with Crippen molar-refractivity contribution < 1.29 is 19.4 Å². The predicted octanol–water partition coefficient (Wildman–Crippen LogP) is 2.52. The number of carbonyl (C=O) groups excluding carboxylic acids is 1. The van der Waals surface area contributed by atoms with Crippen molar-refractivity contribution in [2.24, 2.45) is 11.8 Å². The summed E-state index contributed by atoms with van der Waals surface area (Å²) in [7, 11) is 1.56. The average molecular weight is 277 g/mol. The van der Waals surface area contributed by atoms with Gasteiger partial charge in [0.2, 0.25) is 5.91 Å². The molecule has 2 atom stereocenters. The standard InChI is InChI=1S/C15H19NO4/c1-20-11-6-4-5-10(9-11)16-14(17)12-7-2-3-8-13(12)15(18)19/h4-6,9,12-13H,2-3,7-8H2,1H3,(H,16,17)(H,18,19)/t12-,13+/m0/s1. The van der Waals surface area contributed by atoms with E-state index in [1.807, 2.05) is 0 Å². The lowest BCUT2D eigenvalue weighted by Crippen LogP contribution is -2.36. The van der Waals surface area contributed by atoms with Gasteiger partial charge in [-0.2, -0.15) is 0 Å². The lowest BCUT2D eigenvalue weighted by Gasteiger charge is -2.27. The largest absolute Gasteiger partial charge is 0.497 e. The summed E-state index contributed by atoms with van der Waals surface area (Å²) in [6.45, 7) is 0. The van der Waals surface area contributed by atoms with Gasteiger partial charge < -0.3 is 15.2 Å². The topological polar surface area (TPSA) is 75.6 Å². The maximum absolute atomic E-state index is 12.3. The number of carbonyl (C=O) groups is 2. The minimum absolute atomic E-state index is 0.217. The lowest BCUT2D eigenvalue weighted by molar-refractivity contribution is -0.147. The number of rotatable bonds is 4. The second-order valence-electron chi connectivity index (χ2n) is 5.06. The van der Waals surface area contributed by atoms with Crippen LogP contribution in [0.3, 0.4) is 0 Å². The molecule has 1 aliphatic carbocycles. The summed E-state index contributed by atoms with van der Waals surface area (Å²) >= 11 is 0. The van der Waals surface area contributed by atoms with E-state index >= 15 is 0 Å². The van der Waals surface area contributed by atoms with Crippen LogP contribution in [-0.4, -0.2) is 24.1 Å². The van der Waals surface area contributed by atoms with E-state index in [0.717, 1.165) is 12.8 Å². The molecular formula is C15H19NO4. The summed E-state index contributed by atoms with van der Waals surface area (Å²) in [5, 5.41) is 12.0. The zero-order chi connectivity index (χ0) is 14.5. The first-order valence-electron chi connectivity index (χ1n) is 6.79. The van der Waals surface area contributed by atoms with Gasteiger partial charge in [-0.15, -0.1) is 0 Å². The monoisotopic (exact) mass is 277 g/mol. The molecule has 1 saturated carbocycles. The van der Waals surface area contributed by atoms with Gasteiger partial charge >= 0.3 is 5.97 Å². The molecule has 0 aromatic heterocycles. The molecule has 20 heavy (non-hydrogen) atoms. The molecule has 2 N–H and O–H groups in total. The van der Waals surface area contributed by atoms with Crippen LogP contribution in [0.1, 0.15) is 25.7 Å². The molecule has 1 aromatic rings. The van der Waals surface area contributed by atoms with Crippen LogP contribution >= 0.6 is 0 Å². The number of hydrogen-bond acceptors (Lipinski definition) is 3. The van der Waals surface area contributed by atoms with E-state index in [1.165, 1.54) is 0 Å². The van der Waals surface area contributed by atoms with Gasteiger partial charge in [-0.05, 0) is 25.0 Å². The SMILES string of the molecule is COc1cccc(NC(=O)[C@H]2CCCC[C@H]2C(=O)O)c1. The van der Waals surface area contributed by atoms with E-state index in [9.17, 15) is 14.7 Å². The number of aliphatic carboxylic acids is 1. The number of carboxylic acid groups (broad SMARTS) is 1. The number of anilines is 1. The minimum Gasteiger partial charge on any atom is -0.497 e. The molecular weight excluding hydrogens is 258 g/mol. The quantitative estimate of drug-likeness (QED) is 0.886. The Morgan fingerprint density at radius 3 is 2.60 bits per heavy atom. The van der Waals surface area contributed by atoms with Crippen LogP contribution < -0.4 is 10.1 Å². The Labute approximate surface area is 117 Å². The Kier molecular flexibility index (Phi) is 4.61. The summed E-state index contributed by atoms with van der Waals surface area (Å²) in [6.07, 6.45) is 2.98. The molecule has 2 rings (SSSR count). The maximum atomic E-state index is 12.3. The second-order valence-corrected chi connectivity index (χ2v) is 5.06. The van der Waals surface area contributed by atoms with Crippen molar-refractivity contribution in [3.8, 4) is 5.75 Å². The number of hydrogen-bond donors (Lipinski definition) is 2. The van der Waals surface area contributed by atoms with Gasteiger partial charge in [0.15, 0.2) is 0 Å². The van der Waals surface area contributed by atoms with E-state index in [1.54, 1.807) is 31.4 Å². The molecule has 5 heteroatoms. The first kappa shape index (κ1) is 14.4. The van der Waals surface area contributed by atoms with Gasteiger partial charge in [-0.1, -0.05) is 18.9 Å². The summed E-state index contributed by atoms with van der Waals surface area (Å²) < 4.78 is 5.10. The highest BCUT2D eigenvalue weighted by molar-refractivity contribution is 5.95. The van der Waals surface area contributed by atoms with E-state index in [2.05, 4.69) is 5.32 Å². The van der Waals surface area contributed by atoms with E-state index in [4.69, 9.17) is 4.74 Å². The van der Waals surface area contributed by atoms with Gasteiger partial charge in [-0.25, -0.2) is 0 Å². The molecule has 5 nitrogen and oxygen atoms in total. The maximum Gasteiger partial charge on any atom is 0.307 e. The Bertz CT molecular complexity index is 500. The third kappa shape index (κ3) is 3.29. The average Bonchev–Trinajstić information content (AvgIpc) is 2.47. The normalized spacial score (nSPS) is 22.1. The highest BCUT2D eigenvalue weighted by atomic mass is 16.5. The highest BCUT2D eigenvalue weighted by Crippen LogP contribution is 2.31. The van der Waals surface area contributed by atoms with Crippen molar-refractivity contribution in [2.75, 3.05) is 12.4 Å². The molecule has 0 spiro atoms. The third-order valence-corrected chi connectivity index (χ3v) is 3.76. The molecule has 0 heterocycles. The fraction of sp³-hybridized carbons (Fsp3) is 0.467.